The monoisotopic (exact) mass is 258 g/mol. The van der Waals surface area contributed by atoms with Crippen LogP contribution < -0.4 is 0 Å². The number of phenolic OH excluding ortho intramolecular Hbond substituents is 1. The quantitative estimate of drug-likeness (QED) is 0.771. The summed E-state index contributed by atoms with van der Waals surface area (Å²) in [6.07, 6.45) is 7.30. The Balaban J connectivity index is 1.97. The fourth-order valence-electron chi connectivity index (χ4n) is 5.14. The summed E-state index contributed by atoms with van der Waals surface area (Å²) >= 11 is 0. The van der Waals surface area contributed by atoms with E-state index in [1.165, 1.54) is 36.8 Å². The number of rotatable bonds is 0. The summed E-state index contributed by atoms with van der Waals surface area (Å²) in [6, 6.07) is 6.00. The Labute approximate surface area is 114 Å². The van der Waals surface area contributed by atoms with Gasteiger partial charge in [0.05, 0.1) is 5.60 Å². The van der Waals surface area contributed by atoms with Gasteiger partial charge in [-0.1, -0.05) is 12.5 Å². The Morgan fingerprint density at radius 3 is 3.00 bits per heavy atom. The predicted molar refractivity (Wildman–Crippen MR) is 74.4 cm³/mol. The van der Waals surface area contributed by atoms with Gasteiger partial charge < -0.3 is 9.84 Å². The Kier molecular flexibility index (Phi) is 2.33. The maximum absolute atomic E-state index is 9.92. The molecule has 0 aromatic heterocycles. The summed E-state index contributed by atoms with van der Waals surface area (Å²) in [5, 5.41) is 9.92. The molecule has 102 valence electrons. The van der Waals surface area contributed by atoms with Crippen LogP contribution in [0.5, 0.6) is 5.75 Å². The largest absolute Gasteiger partial charge is 0.508 e. The second kappa shape index (κ2) is 3.76. The minimum absolute atomic E-state index is 0.00963. The van der Waals surface area contributed by atoms with Crippen LogP contribution in [-0.4, -0.2) is 17.3 Å². The average Bonchev–Trinajstić information content (AvgIpc) is 2.39. The molecular weight excluding hydrogens is 236 g/mol. The fraction of sp³-hybridized carbons (Fsp3) is 0.647. The van der Waals surface area contributed by atoms with Gasteiger partial charge in [-0.3, -0.25) is 0 Å². The van der Waals surface area contributed by atoms with Gasteiger partial charge in [0.25, 0.3) is 0 Å². The second-order valence-corrected chi connectivity index (χ2v) is 6.78. The van der Waals surface area contributed by atoms with E-state index in [1.54, 1.807) is 0 Å². The molecule has 2 aliphatic carbocycles. The van der Waals surface area contributed by atoms with Gasteiger partial charge in [-0.25, -0.2) is 0 Å². The summed E-state index contributed by atoms with van der Waals surface area (Å²) in [7, 11) is 0. The summed E-state index contributed by atoms with van der Waals surface area (Å²) in [4.78, 5) is 0. The molecule has 19 heavy (non-hydrogen) atoms. The van der Waals surface area contributed by atoms with Crippen LogP contribution >= 0.6 is 0 Å². The van der Waals surface area contributed by atoms with Crippen molar-refractivity contribution in [2.45, 2.75) is 56.5 Å². The molecule has 2 heteroatoms. The minimum Gasteiger partial charge on any atom is -0.508 e. The van der Waals surface area contributed by atoms with Gasteiger partial charge in [0.15, 0.2) is 0 Å². The number of hydrogen-bond acceptors (Lipinski definition) is 2. The van der Waals surface area contributed by atoms with Crippen LogP contribution in [-0.2, 0) is 16.6 Å². The van der Waals surface area contributed by atoms with Crippen molar-refractivity contribution in [3.8, 4) is 5.75 Å². The number of aromatic hydroxyl groups is 1. The molecule has 2 fully saturated rings. The van der Waals surface area contributed by atoms with Crippen molar-refractivity contribution in [1.29, 1.82) is 0 Å². The van der Waals surface area contributed by atoms with Crippen LogP contribution in [0.4, 0.5) is 0 Å². The number of phenols is 1. The van der Waals surface area contributed by atoms with Crippen LogP contribution in [0.15, 0.2) is 18.2 Å². The molecule has 1 heterocycles. The summed E-state index contributed by atoms with van der Waals surface area (Å²) in [5.74, 6) is 1.06. The third-order valence-electron chi connectivity index (χ3n) is 6.11. The second-order valence-electron chi connectivity index (χ2n) is 6.78. The average molecular weight is 258 g/mol. The van der Waals surface area contributed by atoms with Gasteiger partial charge in [0.2, 0.25) is 0 Å². The molecule has 0 unspecified atom stereocenters. The van der Waals surface area contributed by atoms with Crippen molar-refractivity contribution < 1.29 is 9.84 Å². The molecule has 1 saturated heterocycles. The van der Waals surface area contributed by atoms with Gasteiger partial charge in [0, 0.05) is 12.0 Å². The van der Waals surface area contributed by atoms with Crippen molar-refractivity contribution >= 4 is 0 Å². The van der Waals surface area contributed by atoms with E-state index >= 15 is 0 Å². The lowest BCUT2D eigenvalue weighted by Gasteiger charge is -2.61. The SMILES string of the molecule is C[C@@]12OCCC[C@@]13CCC[C@@H]2Cc1ccc(O)cc13. The van der Waals surface area contributed by atoms with Gasteiger partial charge in [-0.15, -0.1) is 0 Å². The summed E-state index contributed by atoms with van der Waals surface area (Å²) in [5.41, 5.74) is 2.97. The molecule has 1 aliphatic heterocycles. The molecule has 1 N–H and O–H groups in total. The van der Waals surface area contributed by atoms with Crippen LogP contribution in [0, 0.1) is 5.92 Å². The molecule has 0 radical (unpaired) electrons. The molecule has 2 nitrogen and oxygen atoms in total. The van der Waals surface area contributed by atoms with Crippen molar-refractivity contribution in [3.05, 3.63) is 29.3 Å². The van der Waals surface area contributed by atoms with E-state index in [4.69, 9.17) is 4.74 Å². The van der Waals surface area contributed by atoms with Crippen molar-refractivity contribution in [2.24, 2.45) is 5.92 Å². The first-order valence-corrected chi connectivity index (χ1v) is 7.62. The molecule has 0 amide bonds. The van der Waals surface area contributed by atoms with Crippen LogP contribution in [0.2, 0.25) is 0 Å². The molecule has 4 rings (SSSR count). The zero-order valence-corrected chi connectivity index (χ0v) is 11.6. The van der Waals surface area contributed by atoms with Crippen molar-refractivity contribution in [3.63, 3.8) is 0 Å². The predicted octanol–water partition coefficient (Wildman–Crippen LogP) is 3.56. The molecule has 1 aromatic carbocycles. The highest BCUT2D eigenvalue weighted by atomic mass is 16.5. The van der Waals surface area contributed by atoms with E-state index in [0.717, 1.165) is 19.4 Å². The molecule has 3 atom stereocenters. The number of fused-ring (bicyclic) bond motifs is 1. The highest BCUT2D eigenvalue weighted by Crippen LogP contribution is 2.60. The highest BCUT2D eigenvalue weighted by Gasteiger charge is 2.60. The number of ether oxygens (including phenoxy) is 1. The number of hydrogen-bond donors (Lipinski definition) is 1. The third-order valence-corrected chi connectivity index (χ3v) is 6.11. The van der Waals surface area contributed by atoms with E-state index in [0.29, 0.717) is 11.7 Å². The highest BCUT2D eigenvalue weighted by molar-refractivity contribution is 5.46. The first-order chi connectivity index (χ1) is 9.16. The van der Waals surface area contributed by atoms with E-state index in [-0.39, 0.29) is 11.0 Å². The van der Waals surface area contributed by atoms with Crippen LogP contribution in [0.25, 0.3) is 0 Å². The van der Waals surface area contributed by atoms with Crippen molar-refractivity contribution in [2.75, 3.05) is 6.61 Å². The zero-order chi connectivity index (χ0) is 13.1. The first kappa shape index (κ1) is 11.8. The topological polar surface area (TPSA) is 29.5 Å². The Morgan fingerprint density at radius 1 is 1.26 bits per heavy atom. The van der Waals surface area contributed by atoms with Gasteiger partial charge >= 0.3 is 0 Å². The molecular formula is C17H22O2. The van der Waals surface area contributed by atoms with Crippen LogP contribution in [0.3, 0.4) is 0 Å². The standard InChI is InChI=1S/C17H22O2/c1-16-13-4-2-7-17(16,8-3-9-19-16)15-11-14(18)6-5-12(15)10-13/h5-6,11,13,18H,2-4,7-10H2,1H3/t13-,16+,17-/m1/s1. The lowest BCUT2D eigenvalue weighted by Crippen LogP contribution is -2.63. The number of benzene rings is 1. The summed E-state index contributed by atoms with van der Waals surface area (Å²) in [6.45, 7) is 3.24. The summed E-state index contributed by atoms with van der Waals surface area (Å²) < 4.78 is 6.34. The molecule has 0 spiro atoms. The molecule has 3 aliphatic rings. The van der Waals surface area contributed by atoms with Crippen molar-refractivity contribution in [1.82, 2.24) is 0 Å². The molecule has 1 saturated carbocycles. The first-order valence-electron chi connectivity index (χ1n) is 7.62. The molecule has 2 bridgehead atoms. The Morgan fingerprint density at radius 2 is 2.11 bits per heavy atom. The third kappa shape index (κ3) is 1.36. The van der Waals surface area contributed by atoms with E-state index in [1.807, 2.05) is 12.1 Å². The van der Waals surface area contributed by atoms with E-state index < -0.39 is 0 Å². The zero-order valence-electron chi connectivity index (χ0n) is 11.6. The van der Waals surface area contributed by atoms with Gasteiger partial charge in [-0.05, 0) is 68.2 Å². The smallest absolute Gasteiger partial charge is 0.115 e. The molecule has 1 aromatic rings. The lowest BCUT2D eigenvalue weighted by molar-refractivity contribution is -0.183. The Hall–Kier alpha value is -1.02. The maximum Gasteiger partial charge on any atom is 0.115 e. The van der Waals surface area contributed by atoms with E-state index in [9.17, 15) is 5.11 Å². The van der Waals surface area contributed by atoms with E-state index in [2.05, 4.69) is 13.0 Å². The normalized spacial score (nSPS) is 40.4. The Bertz CT molecular complexity index is 520. The maximum atomic E-state index is 9.92. The van der Waals surface area contributed by atoms with Gasteiger partial charge in [0.1, 0.15) is 5.75 Å². The lowest BCUT2D eigenvalue weighted by atomic mass is 9.49. The van der Waals surface area contributed by atoms with Gasteiger partial charge in [-0.2, -0.15) is 0 Å². The van der Waals surface area contributed by atoms with Crippen LogP contribution in [0.1, 0.15) is 50.2 Å². The fourth-order valence-corrected chi connectivity index (χ4v) is 5.14. The minimum atomic E-state index is -0.00963.